The van der Waals surface area contributed by atoms with Crippen LogP contribution < -0.4 is 5.32 Å². The highest BCUT2D eigenvalue weighted by Crippen LogP contribution is 2.25. The first-order valence-corrected chi connectivity index (χ1v) is 6.70. The van der Waals surface area contributed by atoms with E-state index in [0.29, 0.717) is 12.6 Å². The van der Waals surface area contributed by atoms with Crippen molar-refractivity contribution in [1.82, 2.24) is 5.32 Å². The quantitative estimate of drug-likeness (QED) is 0.817. The zero-order valence-electron chi connectivity index (χ0n) is 10.9. The van der Waals surface area contributed by atoms with Crippen LogP contribution in [0.3, 0.4) is 0 Å². The predicted octanol–water partition coefficient (Wildman–Crippen LogP) is 2.49. The summed E-state index contributed by atoms with van der Waals surface area (Å²) < 4.78 is 10.1. The summed E-state index contributed by atoms with van der Waals surface area (Å²) in [7, 11) is 0. The van der Waals surface area contributed by atoms with Gasteiger partial charge in [-0.15, -0.1) is 0 Å². The Morgan fingerprint density at radius 1 is 1.56 bits per heavy atom. The van der Waals surface area contributed by atoms with Crippen molar-refractivity contribution in [2.24, 2.45) is 5.92 Å². The molecule has 4 heteroatoms. The van der Waals surface area contributed by atoms with Gasteiger partial charge in [0.1, 0.15) is 0 Å². The minimum absolute atomic E-state index is 0.0349. The summed E-state index contributed by atoms with van der Waals surface area (Å²) in [6.07, 6.45) is 7.50. The van der Waals surface area contributed by atoms with Crippen LogP contribution >= 0.6 is 0 Å². The van der Waals surface area contributed by atoms with E-state index < -0.39 is 0 Å². The molecule has 0 amide bonds. The second kappa shape index (κ2) is 6.59. The second-order valence-corrected chi connectivity index (χ2v) is 4.83. The highest BCUT2D eigenvalue weighted by molar-refractivity contribution is 5.72. The molecule has 0 bridgehead atoms. The molecule has 1 aromatic rings. The standard InChI is InChI=1S/C14H21NO3/c1-2-18-14(16)12-4-3-5-13(8-12)15-9-11-6-7-17-10-11/h6-7,10,12-13,15H,2-5,8-9H2,1H3. The van der Waals surface area contributed by atoms with Crippen molar-refractivity contribution in [3.8, 4) is 0 Å². The summed E-state index contributed by atoms with van der Waals surface area (Å²) in [5.41, 5.74) is 1.15. The highest BCUT2D eigenvalue weighted by atomic mass is 16.5. The van der Waals surface area contributed by atoms with Gasteiger partial charge < -0.3 is 14.5 Å². The van der Waals surface area contributed by atoms with Crippen molar-refractivity contribution in [3.05, 3.63) is 24.2 Å². The summed E-state index contributed by atoms with van der Waals surface area (Å²) in [6, 6.07) is 2.36. The molecule has 18 heavy (non-hydrogen) atoms. The molecule has 0 aromatic carbocycles. The van der Waals surface area contributed by atoms with Gasteiger partial charge in [0, 0.05) is 18.2 Å². The van der Waals surface area contributed by atoms with Crippen molar-refractivity contribution in [2.45, 2.75) is 45.2 Å². The fourth-order valence-corrected chi connectivity index (χ4v) is 2.50. The molecule has 1 aliphatic rings. The van der Waals surface area contributed by atoms with Crippen LogP contribution in [0.1, 0.15) is 38.2 Å². The highest BCUT2D eigenvalue weighted by Gasteiger charge is 2.27. The fourth-order valence-electron chi connectivity index (χ4n) is 2.50. The molecule has 2 unspecified atom stereocenters. The normalized spacial score (nSPS) is 23.8. The topological polar surface area (TPSA) is 51.5 Å². The third-order valence-electron chi connectivity index (χ3n) is 3.47. The molecular weight excluding hydrogens is 230 g/mol. The number of nitrogens with one attached hydrogen (secondary N) is 1. The molecule has 2 rings (SSSR count). The van der Waals surface area contributed by atoms with Crippen molar-refractivity contribution >= 4 is 5.97 Å². The Labute approximate surface area is 108 Å². The number of rotatable bonds is 5. The van der Waals surface area contributed by atoms with Crippen LogP contribution in [-0.2, 0) is 16.1 Å². The zero-order chi connectivity index (χ0) is 12.8. The maximum atomic E-state index is 11.7. The first-order valence-electron chi connectivity index (χ1n) is 6.70. The zero-order valence-corrected chi connectivity index (χ0v) is 10.9. The van der Waals surface area contributed by atoms with Crippen LogP contribution in [0.15, 0.2) is 23.0 Å². The third kappa shape index (κ3) is 3.60. The summed E-state index contributed by atoms with van der Waals surface area (Å²) in [4.78, 5) is 11.7. The Kier molecular flexibility index (Phi) is 4.81. The van der Waals surface area contributed by atoms with Gasteiger partial charge in [-0.05, 0) is 32.3 Å². The Hall–Kier alpha value is -1.29. The van der Waals surface area contributed by atoms with Crippen LogP contribution in [-0.4, -0.2) is 18.6 Å². The van der Waals surface area contributed by atoms with E-state index in [1.165, 1.54) is 0 Å². The summed E-state index contributed by atoms with van der Waals surface area (Å²) in [5.74, 6) is 0.0351. The van der Waals surface area contributed by atoms with Crippen molar-refractivity contribution < 1.29 is 13.9 Å². The number of hydrogen-bond donors (Lipinski definition) is 1. The van der Waals surface area contributed by atoms with E-state index in [9.17, 15) is 4.79 Å². The molecular formula is C14H21NO3. The lowest BCUT2D eigenvalue weighted by Crippen LogP contribution is -2.36. The first-order chi connectivity index (χ1) is 8.79. The van der Waals surface area contributed by atoms with E-state index in [2.05, 4.69) is 5.32 Å². The van der Waals surface area contributed by atoms with Crippen LogP contribution in [0, 0.1) is 5.92 Å². The van der Waals surface area contributed by atoms with Crippen molar-refractivity contribution in [3.63, 3.8) is 0 Å². The predicted molar refractivity (Wildman–Crippen MR) is 67.9 cm³/mol. The van der Waals surface area contributed by atoms with Crippen LogP contribution in [0.2, 0.25) is 0 Å². The first kappa shape index (κ1) is 13.1. The molecule has 1 fully saturated rings. The maximum Gasteiger partial charge on any atom is 0.308 e. The number of carbonyl (C=O) groups excluding carboxylic acids is 1. The molecule has 1 heterocycles. The lowest BCUT2D eigenvalue weighted by molar-refractivity contribution is -0.149. The Morgan fingerprint density at radius 2 is 2.44 bits per heavy atom. The van der Waals surface area contributed by atoms with E-state index in [1.807, 2.05) is 13.0 Å². The van der Waals surface area contributed by atoms with Gasteiger partial charge in [-0.25, -0.2) is 0 Å². The Morgan fingerprint density at radius 3 is 3.17 bits per heavy atom. The molecule has 1 aromatic heterocycles. The number of carbonyl (C=O) groups is 1. The van der Waals surface area contributed by atoms with E-state index in [-0.39, 0.29) is 11.9 Å². The van der Waals surface area contributed by atoms with Gasteiger partial charge in [0.25, 0.3) is 0 Å². The molecule has 1 saturated carbocycles. The van der Waals surface area contributed by atoms with Gasteiger partial charge >= 0.3 is 5.97 Å². The molecule has 0 spiro atoms. The minimum Gasteiger partial charge on any atom is -0.472 e. The third-order valence-corrected chi connectivity index (χ3v) is 3.47. The number of esters is 1. The van der Waals surface area contributed by atoms with Crippen LogP contribution in [0.5, 0.6) is 0 Å². The van der Waals surface area contributed by atoms with Gasteiger partial charge in [-0.3, -0.25) is 4.79 Å². The lowest BCUT2D eigenvalue weighted by Gasteiger charge is -2.28. The molecule has 2 atom stereocenters. The average molecular weight is 251 g/mol. The van der Waals surface area contributed by atoms with Gasteiger partial charge in [0.15, 0.2) is 0 Å². The SMILES string of the molecule is CCOC(=O)C1CCCC(NCc2ccoc2)C1. The van der Waals surface area contributed by atoms with Gasteiger partial charge in [-0.2, -0.15) is 0 Å². The summed E-state index contributed by atoms with van der Waals surface area (Å²) in [6.45, 7) is 3.13. The minimum atomic E-state index is -0.0349. The average Bonchev–Trinajstić information content (AvgIpc) is 2.90. The Bertz CT molecular complexity index is 361. The summed E-state index contributed by atoms with van der Waals surface area (Å²) in [5, 5.41) is 3.48. The molecule has 1 N–H and O–H groups in total. The maximum absolute atomic E-state index is 11.7. The van der Waals surface area contributed by atoms with Gasteiger partial charge in [-0.1, -0.05) is 6.42 Å². The molecule has 0 saturated heterocycles. The van der Waals surface area contributed by atoms with E-state index in [0.717, 1.165) is 37.8 Å². The largest absolute Gasteiger partial charge is 0.472 e. The molecule has 0 aliphatic heterocycles. The lowest BCUT2D eigenvalue weighted by atomic mass is 9.85. The summed E-state index contributed by atoms with van der Waals surface area (Å²) >= 11 is 0. The van der Waals surface area contributed by atoms with Crippen molar-refractivity contribution in [2.75, 3.05) is 6.61 Å². The molecule has 4 nitrogen and oxygen atoms in total. The molecule has 0 radical (unpaired) electrons. The monoisotopic (exact) mass is 251 g/mol. The van der Waals surface area contributed by atoms with E-state index in [1.54, 1.807) is 12.5 Å². The number of hydrogen-bond acceptors (Lipinski definition) is 4. The fraction of sp³-hybridized carbons (Fsp3) is 0.643. The van der Waals surface area contributed by atoms with E-state index >= 15 is 0 Å². The van der Waals surface area contributed by atoms with E-state index in [4.69, 9.17) is 9.15 Å². The van der Waals surface area contributed by atoms with Crippen LogP contribution in [0.4, 0.5) is 0 Å². The van der Waals surface area contributed by atoms with Gasteiger partial charge in [0.2, 0.25) is 0 Å². The molecule has 1 aliphatic carbocycles. The smallest absolute Gasteiger partial charge is 0.308 e. The molecule has 100 valence electrons. The van der Waals surface area contributed by atoms with Gasteiger partial charge in [0.05, 0.1) is 25.1 Å². The second-order valence-electron chi connectivity index (χ2n) is 4.83. The number of furan rings is 1. The number of ether oxygens (including phenoxy) is 1. The van der Waals surface area contributed by atoms with Crippen molar-refractivity contribution in [1.29, 1.82) is 0 Å². The van der Waals surface area contributed by atoms with Crippen LogP contribution in [0.25, 0.3) is 0 Å². The Balaban J connectivity index is 1.77.